The summed E-state index contributed by atoms with van der Waals surface area (Å²) in [6.07, 6.45) is -3.65. The Morgan fingerprint density at radius 3 is 1.91 bits per heavy atom. The van der Waals surface area contributed by atoms with Crippen LogP contribution in [0.4, 0.5) is 8.78 Å². The Balaban J connectivity index is 4.10. The molecular formula is C8H12F2O. The van der Waals surface area contributed by atoms with Gasteiger partial charge in [0.25, 0.3) is 6.43 Å². The zero-order chi connectivity index (χ0) is 9.07. The van der Waals surface area contributed by atoms with Gasteiger partial charge in [0.1, 0.15) is 6.10 Å². The minimum atomic E-state index is -2.66. The third kappa shape index (κ3) is 4.74. The molecule has 1 atom stereocenters. The van der Waals surface area contributed by atoms with Crippen molar-refractivity contribution >= 4 is 0 Å². The second-order valence-corrected chi connectivity index (χ2v) is 3.36. The Kier molecular flexibility index (Phi) is 3.47. The molecule has 0 aromatic carbocycles. The summed E-state index contributed by atoms with van der Waals surface area (Å²) in [5.74, 6) is 3.70. The lowest BCUT2D eigenvalue weighted by Gasteiger charge is -2.20. The van der Waals surface area contributed by atoms with Gasteiger partial charge in [0, 0.05) is 0 Å². The fourth-order valence-electron chi connectivity index (χ4n) is 0.358. The maximum Gasteiger partial charge on any atom is 0.298 e. The average molecular weight is 162 g/mol. The highest BCUT2D eigenvalue weighted by Crippen LogP contribution is 2.17. The van der Waals surface area contributed by atoms with Crippen molar-refractivity contribution < 1.29 is 13.9 Å². The number of alkyl halides is 2. The van der Waals surface area contributed by atoms with E-state index in [4.69, 9.17) is 5.11 Å². The normalized spacial score (nSPS) is 14.1. The molecule has 0 bridgehead atoms. The maximum atomic E-state index is 11.5. The summed E-state index contributed by atoms with van der Waals surface area (Å²) in [6, 6.07) is 0. The zero-order valence-corrected chi connectivity index (χ0v) is 6.86. The van der Waals surface area contributed by atoms with Crippen molar-refractivity contribution in [3.63, 3.8) is 0 Å². The van der Waals surface area contributed by atoms with Gasteiger partial charge >= 0.3 is 0 Å². The molecule has 0 amide bonds. The number of hydrogen-bond donors (Lipinski definition) is 1. The Hall–Kier alpha value is -0.620. The van der Waals surface area contributed by atoms with Crippen LogP contribution in [0, 0.1) is 17.3 Å². The molecule has 64 valence electrons. The molecule has 0 aliphatic rings. The lowest BCUT2D eigenvalue weighted by Crippen LogP contribution is -2.24. The van der Waals surface area contributed by atoms with Crippen molar-refractivity contribution in [1.29, 1.82) is 0 Å². The smallest absolute Gasteiger partial charge is 0.298 e. The molecule has 0 rings (SSSR count). The molecule has 0 heterocycles. The molecule has 1 nitrogen and oxygen atoms in total. The van der Waals surface area contributed by atoms with Crippen molar-refractivity contribution in [3.8, 4) is 11.8 Å². The molecule has 1 N–H and O–H groups in total. The molecule has 0 fully saturated rings. The topological polar surface area (TPSA) is 20.2 Å². The molecule has 0 radical (unpaired) electrons. The number of aliphatic hydroxyl groups is 1. The molecule has 1 unspecified atom stereocenters. The molecule has 0 aromatic heterocycles. The van der Waals surface area contributed by atoms with E-state index < -0.39 is 17.9 Å². The number of halogens is 2. The van der Waals surface area contributed by atoms with Gasteiger partial charge in [-0.15, -0.1) is 0 Å². The molecule has 0 spiro atoms. The van der Waals surface area contributed by atoms with Crippen LogP contribution in [0.2, 0.25) is 0 Å². The molecule has 0 aromatic rings. The van der Waals surface area contributed by atoms with Gasteiger partial charge in [0.05, 0.1) is 0 Å². The Labute approximate surface area is 65.4 Å². The van der Waals surface area contributed by atoms with Gasteiger partial charge < -0.3 is 5.11 Å². The summed E-state index contributed by atoms with van der Waals surface area (Å²) >= 11 is 0. The highest BCUT2D eigenvalue weighted by atomic mass is 19.3. The average Bonchev–Trinajstić information content (AvgIpc) is 1.80. The van der Waals surface area contributed by atoms with E-state index in [-0.39, 0.29) is 0 Å². The number of rotatable bonds is 0. The largest absolute Gasteiger partial charge is 0.380 e. The Bertz CT molecular complexity index is 171. The minimum Gasteiger partial charge on any atom is -0.380 e. The summed E-state index contributed by atoms with van der Waals surface area (Å²) in [5, 5.41) is 9.13. The highest BCUT2D eigenvalue weighted by Gasteiger charge is 2.19. The van der Waals surface area contributed by atoms with E-state index in [1.807, 2.05) is 0 Å². The van der Waals surface area contributed by atoms with Crippen LogP contribution in [-0.2, 0) is 0 Å². The lowest BCUT2D eigenvalue weighted by atomic mass is 9.90. The third-order valence-corrected chi connectivity index (χ3v) is 1.15. The second-order valence-electron chi connectivity index (χ2n) is 3.36. The van der Waals surface area contributed by atoms with Crippen LogP contribution in [0.5, 0.6) is 0 Å². The van der Waals surface area contributed by atoms with E-state index in [0.717, 1.165) is 0 Å². The van der Waals surface area contributed by atoms with Gasteiger partial charge in [0.2, 0.25) is 0 Å². The first-order valence-electron chi connectivity index (χ1n) is 3.31. The van der Waals surface area contributed by atoms with Crippen LogP contribution in [-0.4, -0.2) is 17.6 Å². The summed E-state index contributed by atoms with van der Waals surface area (Å²) in [5.41, 5.74) is -0.456. The van der Waals surface area contributed by atoms with E-state index in [9.17, 15) is 8.78 Å². The quantitative estimate of drug-likeness (QED) is 0.537. The predicted molar refractivity (Wildman–Crippen MR) is 39.2 cm³/mol. The summed E-state index contributed by atoms with van der Waals surface area (Å²) in [6.45, 7) is 5.20. The summed E-state index contributed by atoms with van der Waals surface area (Å²) in [4.78, 5) is 0. The SMILES string of the molecule is CC(C)(C)C(O)C#CC(F)F. The third-order valence-electron chi connectivity index (χ3n) is 1.15. The highest BCUT2D eigenvalue weighted by molar-refractivity contribution is 5.09. The predicted octanol–water partition coefficient (Wildman–Crippen LogP) is 1.66. The van der Waals surface area contributed by atoms with Crippen molar-refractivity contribution in [2.45, 2.75) is 33.3 Å². The zero-order valence-electron chi connectivity index (χ0n) is 6.86. The lowest BCUT2D eigenvalue weighted by molar-refractivity contribution is 0.113. The molecular weight excluding hydrogens is 150 g/mol. The van der Waals surface area contributed by atoms with Crippen LogP contribution in [0.1, 0.15) is 20.8 Å². The second kappa shape index (κ2) is 3.68. The van der Waals surface area contributed by atoms with E-state index >= 15 is 0 Å². The fraction of sp³-hybridized carbons (Fsp3) is 0.750. The Morgan fingerprint density at radius 2 is 1.64 bits per heavy atom. The van der Waals surface area contributed by atoms with Crippen LogP contribution in [0.25, 0.3) is 0 Å². The van der Waals surface area contributed by atoms with Gasteiger partial charge in [-0.1, -0.05) is 26.7 Å². The van der Waals surface area contributed by atoms with Gasteiger partial charge in [-0.3, -0.25) is 0 Å². The van der Waals surface area contributed by atoms with Crippen molar-refractivity contribution in [1.82, 2.24) is 0 Å². The van der Waals surface area contributed by atoms with Crippen LogP contribution >= 0.6 is 0 Å². The molecule has 11 heavy (non-hydrogen) atoms. The fourth-order valence-corrected chi connectivity index (χ4v) is 0.358. The summed E-state index contributed by atoms with van der Waals surface area (Å²) < 4.78 is 23.0. The van der Waals surface area contributed by atoms with Crippen LogP contribution in [0.3, 0.4) is 0 Å². The first kappa shape index (κ1) is 10.4. The number of hydrogen-bond acceptors (Lipinski definition) is 1. The number of aliphatic hydroxyl groups excluding tert-OH is 1. The maximum absolute atomic E-state index is 11.5. The van der Waals surface area contributed by atoms with Crippen LogP contribution < -0.4 is 0 Å². The van der Waals surface area contributed by atoms with E-state index in [1.165, 1.54) is 0 Å². The standard InChI is InChI=1S/C8H12F2O/c1-8(2,3)6(11)4-5-7(9)10/h6-7,11H,1-3H3. The monoisotopic (exact) mass is 162 g/mol. The van der Waals surface area contributed by atoms with Crippen molar-refractivity contribution in [3.05, 3.63) is 0 Å². The molecule has 0 aliphatic carbocycles. The molecule has 0 saturated heterocycles. The summed E-state index contributed by atoms with van der Waals surface area (Å²) in [7, 11) is 0. The Morgan fingerprint density at radius 1 is 1.18 bits per heavy atom. The van der Waals surface area contributed by atoms with Gasteiger partial charge in [0.15, 0.2) is 0 Å². The molecule has 3 heteroatoms. The van der Waals surface area contributed by atoms with Crippen molar-refractivity contribution in [2.24, 2.45) is 5.41 Å². The van der Waals surface area contributed by atoms with Gasteiger partial charge in [-0.05, 0) is 11.3 Å². The first-order valence-corrected chi connectivity index (χ1v) is 3.31. The van der Waals surface area contributed by atoms with Gasteiger partial charge in [-0.2, -0.15) is 8.78 Å². The first-order chi connectivity index (χ1) is 4.84. The van der Waals surface area contributed by atoms with Gasteiger partial charge in [-0.25, -0.2) is 0 Å². The van der Waals surface area contributed by atoms with E-state index in [2.05, 4.69) is 5.92 Å². The minimum absolute atomic E-state index is 0.456. The molecule has 0 saturated carbocycles. The molecule has 0 aliphatic heterocycles. The van der Waals surface area contributed by atoms with Crippen molar-refractivity contribution in [2.75, 3.05) is 0 Å². The van der Waals surface area contributed by atoms with Crippen LogP contribution in [0.15, 0.2) is 0 Å². The van der Waals surface area contributed by atoms with E-state index in [0.29, 0.717) is 0 Å². The van der Waals surface area contributed by atoms with E-state index in [1.54, 1.807) is 26.7 Å².